The monoisotopic (exact) mass is 298 g/mol. The number of halogens is 1. The first kappa shape index (κ1) is 14.9. The Balaban J connectivity index is 2.14. The first-order chi connectivity index (χ1) is 9.56. The van der Waals surface area contributed by atoms with Crippen molar-refractivity contribution in [1.29, 1.82) is 0 Å². The van der Waals surface area contributed by atoms with Gasteiger partial charge in [0.25, 0.3) is 5.91 Å². The Kier molecular flexibility index (Phi) is 4.70. The Hall–Kier alpha value is -1.49. The second-order valence-electron chi connectivity index (χ2n) is 4.94. The Labute approximate surface area is 123 Å². The molecule has 0 radical (unpaired) electrons. The highest BCUT2D eigenvalue weighted by Crippen LogP contribution is 2.22. The van der Waals surface area contributed by atoms with Gasteiger partial charge in [-0.3, -0.25) is 9.59 Å². The summed E-state index contributed by atoms with van der Waals surface area (Å²) in [7, 11) is 1.38. The molecule has 2 rings (SSSR count). The van der Waals surface area contributed by atoms with Crippen LogP contribution in [0.3, 0.4) is 0 Å². The van der Waals surface area contributed by atoms with Gasteiger partial charge >= 0.3 is 5.97 Å². The number of ether oxygens (including phenoxy) is 1. The van der Waals surface area contributed by atoms with Crippen LogP contribution < -0.4 is 0 Å². The topological polar surface area (TPSA) is 51.5 Å². The van der Waals surface area contributed by atoms with Crippen molar-refractivity contribution in [2.75, 3.05) is 20.2 Å². The van der Waals surface area contributed by atoms with E-state index < -0.39 is 0 Å². The zero-order valence-corrected chi connectivity index (χ0v) is 12.5. The number of nitrogens with zero attached hydrogens (tertiary/aromatic N) is 2. The third kappa shape index (κ3) is 2.98. The maximum atomic E-state index is 12.5. The van der Waals surface area contributed by atoms with Crippen LogP contribution in [0.15, 0.2) is 12.3 Å². The summed E-state index contributed by atoms with van der Waals surface area (Å²) in [5.41, 5.74) is 0.572. The van der Waals surface area contributed by atoms with Crippen LogP contribution in [0.4, 0.5) is 0 Å². The zero-order valence-electron chi connectivity index (χ0n) is 11.8. The summed E-state index contributed by atoms with van der Waals surface area (Å²) in [4.78, 5) is 25.9. The van der Waals surface area contributed by atoms with Crippen molar-refractivity contribution in [2.24, 2.45) is 5.92 Å². The molecule has 0 N–H and O–H groups in total. The minimum absolute atomic E-state index is 0.0765. The Morgan fingerprint density at radius 1 is 1.50 bits per heavy atom. The highest BCUT2D eigenvalue weighted by Gasteiger charge is 2.30. The molecular formula is C14H19ClN2O3. The lowest BCUT2D eigenvalue weighted by molar-refractivity contribution is -0.146. The Morgan fingerprint density at radius 3 is 2.90 bits per heavy atom. The molecule has 1 atom stereocenters. The van der Waals surface area contributed by atoms with Crippen LogP contribution in [0.25, 0.3) is 0 Å². The largest absolute Gasteiger partial charge is 0.469 e. The van der Waals surface area contributed by atoms with Crippen LogP contribution in [0.5, 0.6) is 0 Å². The summed E-state index contributed by atoms with van der Waals surface area (Å²) >= 11 is 5.96. The summed E-state index contributed by atoms with van der Waals surface area (Å²) < 4.78 is 6.60. The molecule has 1 aliphatic heterocycles. The van der Waals surface area contributed by atoms with Crippen molar-refractivity contribution < 1.29 is 14.3 Å². The van der Waals surface area contributed by atoms with E-state index in [0.717, 1.165) is 12.8 Å². The fourth-order valence-corrected chi connectivity index (χ4v) is 2.82. The molecule has 2 heterocycles. The van der Waals surface area contributed by atoms with Crippen LogP contribution in [-0.4, -0.2) is 41.5 Å². The molecule has 1 aromatic rings. The van der Waals surface area contributed by atoms with E-state index in [1.54, 1.807) is 17.2 Å². The summed E-state index contributed by atoms with van der Waals surface area (Å²) in [6.45, 7) is 3.72. The van der Waals surface area contributed by atoms with Crippen LogP contribution in [0, 0.1) is 5.92 Å². The number of amides is 1. The van der Waals surface area contributed by atoms with Gasteiger partial charge in [-0.15, -0.1) is 0 Å². The Bertz CT molecular complexity index is 513. The smallest absolute Gasteiger partial charge is 0.310 e. The normalized spacial score (nSPS) is 18.9. The second-order valence-corrected chi connectivity index (χ2v) is 5.38. The average molecular weight is 299 g/mol. The van der Waals surface area contributed by atoms with Gasteiger partial charge in [-0.05, 0) is 25.8 Å². The number of hydrogen-bond acceptors (Lipinski definition) is 3. The molecule has 0 bridgehead atoms. The molecule has 1 unspecified atom stereocenters. The van der Waals surface area contributed by atoms with Crippen molar-refractivity contribution in [2.45, 2.75) is 26.3 Å². The summed E-state index contributed by atoms with van der Waals surface area (Å²) in [6.07, 6.45) is 3.33. The maximum Gasteiger partial charge on any atom is 0.310 e. The van der Waals surface area contributed by atoms with Gasteiger partial charge in [-0.25, -0.2) is 0 Å². The van der Waals surface area contributed by atoms with Gasteiger partial charge in [0.15, 0.2) is 0 Å². The first-order valence-corrected chi connectivity index (χ1v) is 7.17. The lowest BCUT2D eigenvalue weighted by Gasteiger charge is -2.31. The van der Waals surface area contributed by atoms with Gasteiger partial charge in [-0.2, -0.15) is 0 Å². The van der Waals surface area contributed by atoms with Crippen LogP contribution in [-0.2, 0) is 16.1 Å². The van der Waals surface area contributed by atoms with Gasteiger partial charge in [-0.1, -0.05) is 11.6 Å². The van der Waals surface area contributed by atoms with E-state index >= 15 is 0 Å². The van der Waals surface area contributed by atoms with Crippen molar-refractivity contribution in [3.05, 3.63) is 23.0 Å². The van der Waals surface area contributed by atoms with E-state index in [0.29, 0.717) is 30.4 Å². The van der Waals surface area contributed by atoms with E-state index in [1.807, 2.05) is 11.5 Å². The van der Waals surface area contributed by atoms with Gasteiger partial charge in [0.1, 0.15) is 5.69 Å². The summed E-state index contributed by atoms with van der Waals surface area (Å²) in [6, 6.07) is 1.68. The van der Waals surface area contributed by atoms with Crippen molar-refractivity contribution in [1.82, 2.24) is 9.47 Å². The summed E-state index contributed by atoms with van der Waals surface area (Å²) in [5.74, 6) is -0.544. The lowest BCUT2D eigenvalue weighted by Crippen LogP contribution is -2.43. The SMILES string of the molecule is CCn1cc(Cl)cc1C(=O)N1CCCC(C(=O)OC)C1. The molecule has 0 aliphatic carbocycles. The van der Waals surface area contributed by atoms with Crippen LogP contribution in [0.1, 0.15) is 30.3 Å². The lowest BCUT2D eigenvalue weighted by atomic mass is 9.98. The molecule has 1 aromatic heterocycles. The number of hydrogen-bond donors (Lipinski definition) is 0. The fraction of sp³-hybridized carbons (Fsp3) is 0.571. The number of piperidine rings is 1. The van der Waals surface area contributed by atoms with Gasteiger partial charge < -0.3 is 14.2 Å². The molecule has 20 heavy (non-hydrogen) atoms. The van der Waals surface area contributed by atoms with Crippen molar-refractivity contribution >= 4 is 23.5 Å². The van der Waals surface area contributed by atoms with Crippen LogP contribution >= 0.6 is 11.6 Å². The molecule has 1 aliphatic rings. The molecule has 6 heteroatoms. The van der Waals surface area contributed by atoms with E-state index in [2.05, 4.69) is 0 Å². The van der Waals surface area contributed by atoms with E-state index in [9.17, 15) is 9.59 Å². The number of methoxy groups -OCH3 is 1. The molecular weight excluding hydrogens is 280 g/mol. The number of aromatic nitrogens is 1. The number of carbonyl (C=O) groups is 2. The minimum atomic E-state index is -0.244. The standard InChI is InChI=1S/C14H19ClN2O3/c1-3-16-9-11(15)7-12(16)13(18)17-6-4-5-10(8-17)14(19)20-2/h7,9-10H,3-6,8H2,1-2H3. The molecule has 110 valence electrons. The number of carbonyl (C=O) groups excluding carboxylic acids is 2. The highest BCUT2D eigenvalue weighted by molar-refractivity contribution is 6.31. The zero-order chi connectivity index (χ0) is 14.7. The van der Waals surface area contributed by atoms with Crippen molar-refractivity contribution in [3.63, 3.8) is 0 Å². The first-order valence-electron chi connectivity index (χ1n) is 6.79. The second kappa shape index (κ2) is 6.31. The maximum absolute atomic E-state index is 12.5. The van der Waals surface area contributed by atoms with Gasteiger partial charge in [0.2, 0.25) is 0 Å². The molecule has 1 amide bonds. The van der Waals surface area contributed by atoms with E-state index in [4.69, 9.17) is 16.3 Å². The molecule has 5 nitrogen and oxygen atoms in total. The number of rotatable bonds is 3. The molecule has 1 saturated heterocycles. The molecule has 0 saturated carbocycles. The predicted molar refractivity (Wildman–Crippen MR) is 75.8 cm³/mol. The quantitative estimate of drug-likeness (QED) is 0.804. The molecule has 1 fully saturated rings. The minimum Gasteiger partial charge on any atom is -0.469 e. The third-order valence-corrected chi connectivity index (χ3v) is 3.87. The van der Waals surface area contributed by atoms with E-state index in [1.165, 1.54) is 7.11 Å². The number of esters is 1. The molecule has 0 spiro atoms. The van der Waals surface area contributed by atoms with Crippen LogP contribution in [0.2, 0.25) is 5.02 Å². The average Bonchev–Trinajstić information content (AvgIpc) is 2.86. The van der Waals surface area contributed by atoms with Crippen molar-refractivity contribution in [3.8, 4) is 0 Å². The summed E-state index contributed by atoms with van der Waals surface area (Å²) in [5, 5.41) is 0.553. The highest BCUT2D eigenvalue weighted by atomic mass is 35.5. The number of aryl methyl sites for hydroxylation is 1. The number of likely N-dealkylation sites (tertiary alicyclic amines) is 1. The Morgan fingerprint density at radius 2 is 2.25 bits per heavy atom. The molecule has 0 aromatic carbocycles. The fourth-order valence-electron chi connectivity index (χ4n) is 2.60. The third-order valence-electron chi connectivity index (χ3n) is 3.67. The van der Waals surface area contributed by atoms with Gasteiger partial charge in [0, 0.05) is 25.8 Å². The van der Waals surface area contributed by atoms with Gasteiger partial charge in [0.05, 0.1) is 18.1 Å². The predicted octanol–water partition coefficient (Wildman–Crippen LogP) is 2.19. The van der Waals surface area contributed by atoms with E-state index in [-0.39, 0.29) is 17.8 Å².